The molecular weight excluding hydrogens is 234 g/mol. The third-order valence-corrected chi connectivity index (χ3v) is 2.97. The van der Waals surface area contributed by atoms with E-state index in [1.807, 2.05) is 12.1 Å². The van der Waals surface area contributed by atoms with Gasteiger partial charge in [0.2, 0.25) is 0 Å². The molecule has 1 aromatic rings. The number of aliphatic hydroxyl groups is 1. The normalized spacial score (nSPS) is 20.7. The zero-order valence-electron chi connectivity index (χ0n) is 9.24. The lowest BCUT2D eigenvalue weighted by Gasteiger charge is -2.22. The summed E-state index contributed by atoms with van der Waals surface area (Å²) in [6.07, 6.45) is 3.97. The summed E-state index contributed by atoms with van der Waals surface area (Å²) in [5.74, 6) is -0.151. The molecule has 0 radical (unpaired) electrons. The lowest BCUT2D eigenvalue weighted by Crippen LogP contribution is -2.38. The third kappa shape index (κ3) is 1.48. The van der Waals surface area contributed by atoms with E-state index < -0.39 is 11.0 Å². The smallest absolute Gasteiger partial charge is 0.285 e. The summed E-state index contributed by atoms with van der Waals surface area (Å²) in [6, 6.07) is 7.12. The Morgan fingerprint density at radius 3 is 2.72 bits per heavy atom. The minimum atomic E-state index is -0.469. The van der Waals surface area contributed by atoms with Crippen molar-refractivity contribution in [2.75, 3.05) is 0 Å². The van der Waals surface area contributed by atoms with Crippen LogP contribution in [0.3, 0.4) is 0 Å². The summed E-state index contributed by atoms with van der Waals surface area (Å²) in [5.41, 5.74) is 0.707. The maximum atomic E-state index is 10.8. The molecule has 18 heavy (non-hydrogen) atoms. The molecule has 0 saturated heterocycles. The molecule has 1 N–H and O–H groups in total. The predicted octanol–water partition coefficient (Wildman–Crippen LogP) is 0.590. The standard InChI is InChI=1S/C13H9NO4/c15-13-10-4-2-1-3-9(10)11-7-8(14(16)17)5-6-12(11)18-13/h1-7,12,15H. The van der Waals surface area contributed by atoms with Gasteiger partial charge < -0.3 is 9.84 Å². The lowest BCUT2D eigenvalue weighted by atomic mass is 9.97. The van der Waals surface area contributed by atoms with E-state index in [1.54, 1.807) is 18.2 Å². The Hall–Kier alpha value is -2.56. The predicted molar refractivity (Wildman–Crippen MR) is 64.2 cm³/mol. The highest BCUT2D eigenvalue weighted by molar-refractivity contribution is 5.69. The molecule has 1 aliphatic carbocycles. The summed E-state index contributed by atoms with van der Waals surface area (Å²) in [4.78, 5) is 10.3. The van der Waals surface area contributed by atoms with Gasteiger partial charge in [0.1, 0.15) is 6.10 Å². The van der Waals surface area contributed by atoms with Crippen LogP contribution >= 0.6 is 0 Å². The van der Waals surface area contributed by atoms with E-state index in [2.05, 4.69) is 0 Å². The lowest BCUT2D eigenvalue weighted by molar-refractivity contribution is -0.419. The van der Waals surface area contributed by atoms with Crippen LogP contribution in [0.1, 0.15) is 0 Å². The number of rotatable bonds is 1. The fraction of sp³-hybridized carbons (Fsp3) is 0.0769. The Bertz CT molecular complexity index is 715. The van der Waals surface area contributed by atoms with E-state index in [0.29, 0.717) is 10.8 Å². The minimum absolute atomic E-state index is 0.0149. The minimum Gasteiger partial charge on any atom is -0.481 e. The van der Waals surface area contributed by atoms with Gasteiger partial charge in [0.05, 0.1) is 10.1 Å². The first-order valence-corrected chi connectivity index (χ1v) is 5.40. The van der Waals surface area contributed by atoms with Gasteiger partial charge in [0.25, 0.3) is 11.6 Å². The Morgan fingerprint density at radius 1 is 1.28 bits per heavy atom. The highest BCUT2D eigenvalue weighted by atomic mass is 16.6. The molecule has 0 saturated carbocycles. The van der Waals surface area contributed by atoms with Crippen molar-refractivity contribution < 1.29 is 14.8 Å². The van der Waals surface area contributed by atoms with Crippen LogP contribution in [-0.2, 0) is 4.74 Å². The number of ether oxygens (including phenoxy) is 1. The largest absolute Gasteiger partial charge is 0.481 e. The van der Waals surface area contributed by atoms with E-state index >= 15 is 0 Å². The van der Waals surface area contributed by atoms with Gasteiger partial charge in [-0.3, -0.25) is 10.1 Å². The van der Waals surface area contributed by atoms with Crippen LogP contribution < -0.4 is 10.4 Å². The zero-order valence-corrected chi connectivity index (χ0v) is 9.24. The first-order chi connectivity index (χ1) is 8.66. The number of nitro groups is 1. The second-order valence-corrected chi connectivity index (χ2v) is 4.03. The van der Waals surface area contributed by atoms with Gasteiger partial charge in [-0.1, -0.05) is 18.2 Å². The van der Waals surface area contributed by atoms with Crippen LogP contribution in [0.15, 0.2) is 48.2 Å². The molecule has 0 bridgehead atoms. The van der Waals surface area contributed by atoms with Crippen molar-refractivity contribution in [1.29, 1.82) is 0 Å². The van der Waals surface area contributed by atoms with Gasteiger partial charge in [-0.05, 0) is 17.4 Å². The van der Waals surface area contributed by atoms with Crippen molar-refractivity contribution >= 4 is 11.5 Å². The number of benzene rings is 1. The first-order valence-electron chi connectivity index (χ1n) is 5.40. The van der Waals surface area contributed by atoms with E-state index in [9.17, 15) is 15.2 Å². The Morgan fingerprint density at radius 2 is 2.00 bits per heavy atom. The van der Waals surface area contributed by atoms with Gasteiger partial charge in [-0.2, -0.15) is 0 Å². The SMILES string of the molecule is O=[N+]([O-])C1=CC2=c3ccccc3=C(O)OC2C=C1. The number of hydrogen-bond acceptors (Lipinski definition) is 4. The van der Waals surface area contributed by atoms with Gasteiger partial charge in [-0.15, -0.1) is 0 Å². The van der Waals surface area contributed by atoms with Gasteiger partial charge in [0.15, 0.2) is 0 Å². The van der Waals surface area contributed by atoms with Crippen molar-refractivity contribution in [3.63, 3.8) is 0 Å². The van der Waals surface area contributed by atoms with Crippen molar-refractivity contribution in [2.24, 2.45) is 0 Å². The third-order valence-electron chi connectivity index (χ3n) is 2.97. The first kappa shape index (κ1) is 10.6. The number of nitrogens with zero attached hydrogens (tertiary/aromatic N) is 1. The number of aliphatic hydroxyl groups excluding tert-OH is 1. The summed E-state index contributed by atoms with van der Waals surface area (Å²) in [5, 5.41) is 21.9. The summed E-state index contributed by atoms with van der Waals surface area (Å²) < 4.78 is 5.33. The van der Waals surface area contributed by atoms with Crippen molar-refractivity contribution in [3.8, 4) is 0 Å². The fourth-order valence-corrected chi connectivity index (χ4v) is 2.13. The highest BCUT2D eigenvalue weighted by Crippen LogP contribution is 2.22. The molecule has 0 aromatic heterocycles. The molecule has 0 spiro atoms. The molecule has 2 aliphatic rings. The van der Waals surface area contributed by atoms with E-state index in [4.69, 9.17) is 4.74 Å². The summed E-state index contributed by atoms with van der Waals surface area (Å²) in [7, 11) is 0. The van der Waals surface area contributed by atoms with Crippen molar-refractivity contribution in [1.82, 2.24) is 0 Å². The summed E-state index contributed by atoms with van der Waals surface area (Å²) >= 11 is 0. The topological polar surface area (TPSA) is 72.6 Å². The second-order valence-electron chi connectivity index (χ2n) is 4.03. The van der Waals surface area contributed by atoms with E-state index in [-0.39, 0.29) is 11.6 Å². The average molecular weight is 243 g/mol. The average Bonchev–Trinajstić information content (AvgIpc) is 2.38. The van der Waals surface area contributed by atoms with Crippen LogP contribution in [0.2, 0.25) is 0 Å². The number of hydrogen-bond donors (Lipinski definition) is 1. The van der Waals surface area contributed by atoms with Crippen LogP contribution in [0.4, 0.5) is 0 Å². The maximum absolute atomic E-state index is 10.8. The highest BCUT2D eigenvalue weighted by Gasteiger charge is 2.25. The van der Waals surface area contributed by atoms with Crippen LogP contribution in [-0.4, -0.2) is 16.1 Å². The molecule has 1 atom stereocenters. The molecular formula is C13H9NO4. The van der Waals surface area contributed by atoms with Crippen molar-refractivity contribution in [3.05, 3.63) is 68.7 Å². The van der Waals surface area contributed by atoms with Crippen LogP contribution in [0.25, 0.3) is 11.5 Å². The monoisotopic (exact) mass is 243 g/mol. The zero-order chi connectivity index (χ0) is 12.7. The van der Waals surface area contributed by atoms with Crippen molar-refractivity contribution in [2.45, 2.75) is 6.10 Å². The Balaban J connectivity index is 2.35. The quantitative estimate of drug-likeness (QED) is 0.578. The molecule has 1 aliphatic heterocycles. The second kappa shape index (κ2) is 3.73. The Labute approximate surface area is 102 Å². The molecule has 5 heteroatoms. The molecule has 90 valence electrons. The molecule has 1 unspecified atom stereocenters. The maximum Gasteiger partial charge on any atom is 0.285 e. The molecule has 1 heterocycles. The summed E-state index contributed by atoms with van der Waals surface area (Å²) in [6.45, 7) is 0. The molecule has 0 amide bonds. The van der Waals surface area contributed by atoms with Crippen LogP contribution in [0, 0.1) is 10.1 Å². The van der Waals surface area contributed by atoms with Gasteiger partial charge in [-0.25, -0.2) is 0 Å². The van der Waals surface area contributed by atoms with E-state index in [0.717, 1.165) is 5.22 Å². The van der Waals surface area contributed by atoms with E-state index in [1.165, 1.54) is 12.2 Å². The molecule has 5 nitrogen and oxygen atoms in total. The molecule has 1 aromatic carbocycles. The van der Waals surface area contributed by atoms with Gasteiger partial charge >= 0.3 is 0 Å². The molecule has 0 fully saturated rings. The van der Waals surface area contributed by atoms with Gasteiger partial charge in [0, 0.05) is 17.7 Å². The van der Waals surface area contributed by atoms with Crippen LogP contribution in [0.5, 0.6) is 0 Å². The fourth-order valence-electron chi connectivity index (χ4n) is 2.13. The molecule has 3 rings (SSSR count). The number of allylic oxidation sites excluding steroid dienone is 1. The number of fused-ring (bicyclic) bond motifs is 2. The Kier molecular flexibility index (Phi) is 2.19.